The SMILES string of the molecule is Cc1nc(-c2ccccc2)nc(-c2cccc([N+](=O)[O-])c2)c1CN(C)CC(C)(C)N. The van der Waals surface area contributed by atoms with Crippen LogP contribution < -0.4 is 5.73 Å². The first-order valence-electron chi connectivity index (χ1n) is 9.79. The molecular formula is C23H27N5O2. The van der Waals surface area contributed by atoms with Crippen molar-refractivity contribution in [3.05, 3.63) is 76.0 Å². The molecule has 156 valence electrons. The molecule has 0 bridgehead atoms. The van der Waals surface area contributed by atoms with Crippen LogP contribution in [-0.4, -0.2) is 38.9 Å². The largest absolute Gasteiger partial charge is 0.324 e. The van der Waals surface area contributed by atoms with Gasteiger partial charge in [-0.2, -0.15) is 0 Å². The molecule has 0 aliphatic carbocycles. The van der Waals surface area contributed by atoms with Gasteiger partial charge in [0.15, 0.2) is 5.82 Å². The second-order valence-corrected chi connectivity index (χ2v) is 8.29. The second-order valence-electron chi connectivity index (χ2n) is 8.29. The third-order valence-electron chi connectivity index (χ3n) is 4.68. The summed E-state index contributed by atoms with van der Waals surface area (Å²) in [5.74, 6) is 0.597. The minimum absolute atomic E-state index is 0.0347. The molecule has 0 spiro atoms. The molecule has 1 heterocycles. The number of nitrogens with two attached hydrogens (primary N) is 1. The Morgan fingerprint density at radius 2 is 1.73 bits per heavy atom. The van der Waals surface area contributed by atoms with E-state index >= 15 is 0 Å². The van der Waals surface area contributed by atoms with E-state index in [0.717, 1.165) is 16.8 Å². The van der Waals surface area contributed by atoms with E-state index in [0.29, 0.717) is 30.2 Å². The average molecular weight is 406 g/mol. The molecule has 2 aromatic carbocycles. The van der Waals surface area contributed by atoms with Gasteiger partial charge in [0, 0.05) is 53.1 Å². The summed E-state index contributed by atoms with van der Waals surface area (Å²) in [5, 5.41) is 11.3. The molecule has 7 heteroatoms. The number of aromatic nitrogens is 2. The first-order valence-corrected chi connectivity index (χ1v) is 9.79. The standard InChI is InChI=1S/C23H27N5O2/c1-16-20(14-27(4)15-23(2,3)24)21(18-11-8-12-19(13-18)28(29)30)26-22(25-16)17-9-6-5-7-10-17/h5-13H,14-15,24H2,1-4H3. The summed E-state index contributed by atoms with van der Waals surface area (Å²) >= 11 is 0. The van der Waals surface area contributed by atoms with Crippen LogP contribution in [0.5, 0.6) is 0 Å². The fraction of sp³-hybridized carbons (Fsp3) is 0.304. The highest BCUT2D eigenvalue weighted by atomic mass is 16.6. The molecule has 30 heavy (non-hydrogen) atoms. The molecule has 0 saturated carbocycles. The molecule has 3 aromatic rings. The van der Waals surface area contributed by atoms with Gasteiger partial charge >= 0.3 is 0 Å². The van der Waals surface area contributed by atoms with Gasteiger partial charge in [-0.15, -0.1) is 0 Å². The third-order valence-corrected chi connectivity index (χ3v) is 4.68. The summed E-state index contributed by atoms with van der Waals surface area (Å²) < 4.78 is 0. The Morgan fingerprint density at radius 3 is 2.37 bits per heavy atom. The lowest BCUT2D eigenvalue weighted by Gasteiger charge is -2.27. The van der Waals surface area contributed by atoms with Crippen molar-refractivity contribution in [3.8, 4) is 22.6 Å². The number of non-ortho nitro benzene ring substituents is 1. The van der Waals surface area contributed by atoms with Crippen molar-refractivity contribution < 1.29 is 4.92 Å². The number of nitro groups is 1. The van der Waals surface area contributed by atoms with Crippen molar-refractivity contribution >= 4 is 5.69 Å². The highest BCUT2D eigenvalue weighted by molar-refractivity contribution is 5.69. The van der Waals surface area contributed by atoms with Gasteiger partial charge in [0.2, 0.25) is 0 Å². The molecule has 0 aliphatic rings. The van der Waals surface area contributed by atoms with Crippen LogP contribution in [0.3, 0.4) is 0 Å². The summed E-state index contributed by atoms with van der Waals surface area (Å²) in [6.45, 7) is 7.17. The van der Waals surface area contributed by atoms with Gasteiger partial charge < -0.3 is 10.6 Å². The average Bonchev–Trinajstić information content (AvgIpc) is 2.68. The zero-order valence-electron chi connectivity index (χ0n) is 17.8. The maximum absolute atomic E-state index is 11.3. The number of aryl methyl sites for hydroxylation is 1. The highest BCUT2D eigenvalue weighted by Crippen LogP contribution is 2.30. The Bertz CT molecular complexity index is 1050. The van der Waals surface area contributed by atoms with E-state index in [-0.39, 0.29) is 11.2 Å². The Hall–Kier alpha value is -3.16. The van der Waals surface area contributed by atoms with E-state index in [1.807, 2.05) is 64.2 Å². The maximum Gasteiger partial charge on any atom is 0.270 e. The Kier molecular flexibility index (Phi) is 6.24. The molecule has 0 fully saturated rings. The molecule has 0 radical (unpaired) electrons. The van der Waals surface area contributed by atoms with Crippen LogP contribution in [0.2, 0.25) is 0 Å². The van der Waals surface area contributed by atoms with Crippen LogP contribution in [0.1, 0.15) is 25.1 Å². The molecule has 1 aromatic heterocycles. The molecule has 0 unspecified atom stereocenters. The summed E-state index contributed by atoms with van der Waals surface area (Å²) in [5.41, 5.74) is 9.94. The zero-order valence-corrected chi connectivity index (χ0v) is 17.8. The molecule has 2 N–H and O–H groups in total. The van der Waals surface area contributed by atoms with E-state index in [4.69, 9.17) is 15.7 Å². The van der Waals surface area contributed by atoms with Crippen LogP contribution in [0.4, 0.5) is 5.69 Å². The fourth-order valence-electron chi connectivity index (χ4n) is 3.53. The van der Waals surface area contributed by atoms with Gasteiger partial charge in [-0.25, -0.2) is 9.97 Å². The van der Waals surface area contributed by atoms with E-state index < -0.39 is 4.92 Å². The molecular weight excluding hydrogens is 378 g/mol. The molecule has 0 aliphatic heterocycles. The third kappa shape index (κ3) is 5.25. The van der Waals surface area contributed by atoms with E-state index in [2.05, 4.69) is 4.90 Å². The highest BCUT2D eigenvalue weighted by Gasteiger charge is 2.20. The monoisotopic (exact) mass is 405 g/mol. The number of benzene rings is 2. The summed E-state index contributed by atoms with van der Waals surface area (Å²) in [7, 11) is 2.00. The smallest absolute Gasteiger partial charge is 0.270 e. The molecule has 0 amide bonds. The zero-order chi connectivity index (χ0) is 21.9. The van der Waals surface area contributed by atoms with E-state index in [1.54, 1.807) is 12.1 Å². The number of nitrogens with zero attached hydrogens (tertiary/aromatic N) is 4. The summed E-state index contributed by atoms with van der Waals surface area (Å²) in [6.07, 6.45) is 0. The Labute approximate surface area is 176 Å². The number of hydrogen-bond donors (Lipinski definition) is 1. The first-order chi connectivity index (χ1) is 14.1. The van der Waals surface area contributed by atoms with E-state index in [1.165, 1.54) is 6.07 Å². The minimum Gasteiger partial charge on any atom is -0.324 e. The molecule has 0 saturated heterocycles. The number of nitro benzene ring substituents is 1. The lowest BCUT2D eigenvalue weighted by molar-refractivity contribution is -0.384. The van der Waals surface area contributed by atoms with Crippen molar-refractivity contribution in [2.24, 2.45) is 5.73 Å². The van der Waals surface area contributed by atoms with Crippen LogP contribution in [0.15, 0.2) is 54.6 Å². The molecule has 7 nitrogen and oxygen atoms in total. The van der Waals surface area contributed by atoms with Crippen molar-refractivity contribution in [2.75, 3.05) is 13.6 Å². The van der Waals surface area contributed by atoms with Gasteiger partial charge in [0.05, 0.1) is 10.6 Å². The normalized spacial score (nSPS) is 11.7. The van der Waals surface area contributed by atoms with Gasteiger partial charge in [0.1, 0.15) is 0 Å². The van der Waals surface area contributed by atoms with Crippen LogP contribution in [0, 0.1) is 17.0 Å². The Morgan fingerprint density at radius 1 is 1.07 bits per heavy atom. The van der Waals surface area contributed by atoms with Crippen LogP contribution >= 0.6 is 0 Å². The lowest BCUT2D eigenvalue weighted by Crippen LogP contribution is -2.43. The maximum atomic E-state index is 11.3. The number of likely N-dealkylation sites (N-methyl/N-ethyl adjacent to an activating group) is 1. The number of rotatable bonds is 7. The minimum atomic E-state index is -0.390. The van der Waals surface area contributed by atoms with Crippen LogP contribution in [0.25, 0.3) is 22.6 Å². The predicted molar refractivity (Wildman–Crippen MR) is 119 cm³/mol. The van der Waals surface area contributed by atoms with Gasteiger partial charge in [-0.05, 0) is 27.8 Å². The Balaban J connectivity index is 2.13. The second kappa shape index (κ2) is 8.69. The molecule has 3 rings (SSSR count). The fourth-order valence-corrected chi connectivity index (χ4v) is 3.53. The topological polar surface area (TPSA) is 98.2 Å². The van der Waals surface area contributed by atoms with Crippen molar-refractivity contribution in [3.63, 3.8) is 0 Å². The van der Waals surface area contributed by atoms with Crippen molar-refractivity contribution in [2.45, 2.75) is 32.9 Å². The van der Waals surface area contributed by atoms with Crippen molar-refractivity contribution in [1.29, 1.82) is 0 Å². The van der Waals surface area contributed by atoms with Gasteiger partial charge in [0.25, 0.3) is 5.69 Å². The summed E-state index contributed by atoms with van der Waals surface area (Å²) in [6, 6.07) is 16.3. The first kappa shape index (κ1) is 21.5. The summed E-state index contributed by atoms with van der Waals surface area (Å²) in [4.78, 5) is 22.6. The lowest BCUT2D eigenvalue weighted by atomic mass is 10.0. The molecule has 0 atom stereocenters. The van der Waals surface area contributed by atoms with E-state index in [9.17, 15) is 10.1 Å². The van der Waals surface area contributed by atoms with Crippen molar-refractivity contribution in [1.82, 2.24) is 14.9 Å². The quantitative estimate of drug-likeness (QED) is 0.467. The predicted octanol–water partition coefficient (Wildman–Crippen LogP) is 4.20. The number of hydrogen-bond acceptors (Lipinski definition) is 6. The van der Waals surface area contributed by atoms with Gasteiger partial charge in [-0.1, -0.05) is 42.5 Å². The van der Waals surface area contributed by atoms with Gasteiger partial charge in [-0.3, -0.25) is 10.1 Å². The van der Waals surface area contributed by atoms with Crippen LogP contribution in [-0.2, 0) is 6.54 Å².